The van der Waals surface area contributed by atoms with E-state index in [1.54, 1.807) is 0 Å². The number of benzene rings is 1. The summed E-state index contributed by atoms with van der Waals surface area (Å²) in [5, 5.41) is 0. The van der Waals surface area contributed by atoms with Gasteiger partial charge in [0.05, 0.1) is 12.7 Å². The predicted octanol–water partition coefficient (Wildman–Crippen LogP) is 1.94. The number of ether oxygens (including phenoxy) is 2. The summed E-state index contributed by atoms with van der Waals surface area (Å²) in [5.41, 5.74) is 0.0432. The van der Waals surface area contributed by atoms with Crippen molar-refractivity contribution in [2.75, 3.05) is 27.3 Å². The average Bonchev–Trinajstić information content (AvgIpc) is 2.76. The van der Waals surface area contributed by atoms with Gasteiger partial charge in [-0.15, -0.1) is 0 Å². The molecule has 0 aromatic heterocycles. The van der Waals surface area contributed by atoms with E-state index in [4.69, 9.17) is 9.47 Å². The minimum atomic E-state index is -3.82. The van der Waals surface area contributed by atoms with Gasteiger partial charge in [0, 0.05) is 12.6 Å². The van der Waals surface area contributed by atoms with Crippen LogP contribution in [0.3, 0.4) is 0 Å². The lowest BCUT2D eigenvalue weighted by Crippen LogP contribution is -2.50. The van der Waals surface area contributed by atoms with Crippen LogP contribution in [0, 0.1) is 5.92 Å². The molecule has 1 aliphatic carbocycles. The normalized spacial score (nSPS) is 21.9. The lowest BCUT2D eigenvalue weighted by Gasteiger charge is -2.44. The number of amides is 1. The first-order valence-electron chi connectivity index (χ1n) is 9.95. The monoisotopic (exact) mass is 424 g/mol. The first kappa shape index (κ1) is 21.6. The molecule has 0 spiro atoms. The molecule has 1 amide bonds. The molecule has 2 aliphatic rings. The van der Waals surface area contributed by atoms with Crippen LogP contribution < -0.4 is 9.46 Å². The molecular formula is C20H28N2O6S. The van der Waals surface area contributed by atoms with E-state index in [1.807, 2.05) is 4.90 Å². The number of sulfonamides is 1. The fourth-order valence-corrected chi connectivity index (χ4v) is 5.27. The molecular weight excluding hydrogens is 396 g/mol. The molecule has 1 heterocycles. The smallest absolute Gasteiger partial charge is 0.338 e. The summed E-state index contributed by atoms with van der Waals surface area (Å²) >= 11 is 0. The van der Waals surface area contributed by atoms with E-state index in [1.165, 1.54) is 38.8 Å². The standard InChI is InChI=1S/C20H28N2O6S/c1-21-29(25,26)18-12-15(9-10-17(18)27-2)20(24)28-13-19(23)22-11-5-7-14-6-3-4-8-16(14)22/h9-10,12,14,16,21H,3-8,11,13H2,1-2H3/t14-,16-/m0/s1. The van der Waals surface area contributed by atoms with Crippen molar-refractivity contribution in [3.63, 3.8) is 0 Å². The predicted molar refractivity (Wildman–Crippen MR) is 106 cm³/mol. The highest BCUT2D eigenvalue weighted by Gasteiger charge is 2.35. The van der Waals surface area contributed by atoms with Crippen LogP contribution in [0.1, 0.15) is 48.9 Å². The van der Waals surface area contributed by atoms with Gasteiger partial charge in [-0.1, -0.05) is 12.8 Å². The Kier molecular flexibility index (Phi) is 6.79. The van der Waals surface area contributed by atoms with E-state index in [2.05, 4.69) is 4.72 Å². The van der Waals surface area contributed by atoms with Crippen molar-refractivity contribution >= 4 is 21.9 Å². The molecule has 0 bridgehead atoms. The van der Waals surface area contributed by atoms with Gasteiger partial charge in [-0.2, -0.15) is 0 Å². The first-order chi connectivity index (χ1) is 13.9. The minimum Gasteiger partial charge on any atom is -0.495 e. The third kappa shape index (κ3) is 4.72. The van der Waals surface area contributed by atoms with Gasteiger partial charge in [-0.25, -0.2) is 17.9 Å². The van der Waals surface area contributed by atoms with Crippen LogP contribution in [-0.2, 0) is 19.6 Å². The largest absolute Gasteiger partial charge is 0.495 e. The molecule has 1 saturated heterocycles. The average molecular weight is 425 g/mol. The van der Waals surface area contributed by atoms with Crippen molar-refractivity contribution in [3.8, 4) is 5.75 Å². The number of carbonyl (C=O) groups excluding carboxylic acids is 2. The van der Waals surface area contributed by atoms with Gasteiger partial charge in [0.1, 0.15) is 10.6 Å². The molecule has 2 fully saturated rings. The second kappa shape index (κ2) is 9.13. The van der Waals surface area contributed by atoms with Crippen molar-refractivity contribution in [2.45, 2.75) is 49.5 Å². The van der Waals surface area contributed by atoms with Crippen molar-refractivity contribution in [2.24, 2.45) is 5.92 Å². The van der Waals surface area contributed by atoms with E-state index in [-0.39, 0.29) is 34.8 Å². The maximum absolute atomic E-state index is 12.7. The second-order valence-electron chi connectivity index (χ2n) is 7.49. The fraction of sp³-hybridized carbons (Fsp3) is 0.600. The maximum Gasteiger partial charge on any atom is 0.338 e. The molecule has 1 aromatic carbocycles. The number of likely N-dealkylation sites (tertiary alicyclic amines) is 1. The molecule has 29 heavy (non-hydrogen) atoms. The zero-order chi connectivity index (χ0) is 21.0. The Hall–Kier alpha value is -2.13. The molecule has 0 unspecified atom stereocenters. The van der Waals surface area contributed by atoms with Gasteiger partial charge in [0.25, 0.3) is 5.91 Å². The molecule has 1 saturated carbocycles. The molecule has 160 valence electrons. The van der Waals surface area contributed by atoms with Crippen molar-refractivity contribution in [1.82, 2.24) is 9.62 Å². The lowest BCUT2D eigenvalue weighted by molar-refractivity contribution is -0.140. The van der Waals surface area contributed by atoms with Crippen molar-refractivity contribution < 1.29 is 27.5 Å². The molecule has 1 aromatic rings. The number of nitrogens with zero attached hydrogens (tertiary/aromatic N) is 1. The minimum absolute atomic E-state index is 0.0432. The van der Waals surface area contributed by atoms with E-state index < -0.39 is 16.0 Å². The quantitative estimate of drug-likeness (QED) is 0.700. The maximum atomic E-state index is 12.7. The van der Waals surface area contributed by atoms with Crippen LogP contribution in [0.25, 0.3) is 0 Å². The number of nitrogens with one attached hydrogen (secondary N) is 1. The summed E-state index contributed by atoms with van der Waals surface area (Å²) in [6, 6.07) is 4.24. The number of rotatable bonds is 6. The van der Waals surface area contributed by atoms with Gasteiger partial charge in [0.15, 0.2) is 6.61 Å². The van der Waals surface area contributed by atoms with Crippen molar-refractivity contribution in [3.05, 3.63) is 23.8 Å². The molecule has 1 aliphatic heterocycles. The molecule has 9 heteroatoms. The lowest BCUT2D eigenvalue weighted by atomic mass is 9.78. The van der Waals surface area contributed by atoms with Crippen LogP contribution in [0.5, 0.6) is 5.75 Å². The zero-order valence-electron chi connectivity index (χ0n) is 16.8. The number of hydrogen-bond acceptors (Lipinski definition) is 6. The summed E-state index contributed by atoms with van der Waals surface area (Å²) in [4.78, 5) is 26.8. The van der Waals surface area contributed by atoms with Crippen LogP contribution in [0.4, 0.5) is 0 Å². The molecule has 3 rings (SSSR count). The topological polar surface area (TPSA) is 102 Å². The third-order valence-electron chi connectivity index (χ3n) is 5.85. The number of fused-ring (bicyclic) bond motifs is 1. The van der Waals surface area contributed by atoms with Crippen LogP contribution in [0.2, 0.25) is 0 Å². The summed E-state index contributed by atoms with van der Waals surface area (Å²) in [5.74, 6) is -0.269. The summed E-state index contributed by atoms with van der Waals surface area (Å²) in [6.45, 7) is 0.354. The first-order valence-corrected chi connectivity index (χ1v) is 11.4. The van der Waals surface area contributed by atoms with Gasteiger partial charge in [-0.3, -0.25) is 4.79 Å². The van der Waals surface area contributed by atoms with Gasteiger partial charge >= 0.3 is 5.97 Å². The number of hydrogen-bond donors (Lipinski definition) is 1. The van der Waals surface area contributed by atoms with Crippen LogP contribution >= 0.6 is 0 Å². The molecule has 2 atom stereocenters. The highest BCUT2D eigenvalue weighted by atomic mass is 32.2. The Morgan fingerprint density at radius 3 is 2.62 bits per heavy atom. The number of esters is 1. The third-order valence-corrected chi connectivity index (χ3v) is 7.28. The van der Waals surface area contributed by atoms with E-state index in [9.17, 15) is 18.0 Å². The number of methoxy groups -OCH3 is 1. The van der Waals surface area contributed by atoms with E-state index in [0.29, 0.717) is 12.5 Å². The van der Waals surface area contributed by atoms with Gasteiger partial charge in [0.2, 0.25) is 10.0 Å². The van der Waals surface area contributed by atoms with E-state index in [0.717, 1.165) is 32.1 Å². The van der Waals surface area contributed by atoms with Gasteiger partial charge < -0.3 is 14.4 Å². The molecule has 8 nitrogen and oxygen atoms in total. The highest BCUT2D eigenvalue weighted by molar-refractivity contribution is 7.89. The van der Waals surface area contributed by atoms with Crippen LogP contribution in [0.15, 0.2) is 23.1 Å². The zero-order valence-corrected chi connectivity index (χ0v) is 17.7. The van der Waals surface area contributed by atoms with Crippen molar-refractivity contribution in [1.29, 1.82) is 0 Å². The summed E-state index contributed by atoms with van der Waals surface area (Å²) in [7, 11) is -1.20. The Bertz CT molecular complexity index is 868. The highest BCUT2D eigenvalue weighted by Crippen LogP contribution is 2.35. The number of carbonyl (C=O) groups is 2. The van der Waals surface area contributed by atoms with Gasteiger partial charge in [-0.05, 0) is 56.8 Å². The van der Waals surface area contributed by atoms with Crippen LogP contribution in [-0.4, -0.2) is 58.5 Å². The summed E-state index contributed by atoms with van der Waals surface area (Å²) in [6.07, 6.45) is 6.64. The summed E-state index contributed by atoms with van der Waals surface area (Å²) < 4.78 is 36.8. The Morgan fingerprint density at radius 1 is 1.17 bits per heavy atom. The van der Waals surface area contributed by atoms with E-state index >= 15 is 0 Å². The number of piperidine rings is 1. The molecule has 0 radical (unpaired) electrons. The Balaban J connectivity index is 1.67. The Labute approximate surface area is 171 Å². The second-order valence-corrected chi connectivity index (χ2v) is 9.35. The fourth-order valence-electron chi connectivity index (χ4n) is 4.35. The molecule has 1 N–H and O–H groups in total. The Morgan fingerprint density at radius 2 is 1.90 bits per heavy atom. The SMILES string of the molecule is CNS(=O)(=O)c1cc(C(=O)OCC(=O)N2CCC[C@@H]3CCCC[C@@H]32)ccc1OC.